The number of likely N-dealkylation sites (N-methyl/N-ethyl adjacent to an activating group) is 1. The molecule has 132 valence electrons. The molecule has 2 amide bonds. The van der Waals surface area contributed by atoms with Crippen molar-refractivity contribution in [1.29, 1.82) is 0 Å². The molecule has 0 radical (unpaired) electrons. The molecule has 1 saturated heterocycles. The van der Waals surface area contributed by atoms with Crippen LogP contribution in [0.4, 0.5) is 0 Å². The summed E-state index contributed by atoms with van der Waals surface area (Å²) in [5, 5.41) is 2.78. The van der Waals surface area contributed by atoms with Gasteiger partial charge in [-0.2, -0.15) is 0 Å². The highest BCUT2D eigenvalue weighted by Gasteiger charge is 2.28. The van der Waals surface area contributed by atoms with Gasteiger partial charge in [0, 0.05) is 13.1 Å². The molecule has 1 unspecified atom stereocenters. The second kappa shape index (κ2) is 8.15. The van der Waals surface area contributed by atoms with Gasteiger partial charge >= 0.3 is 11.8 Å². The van der Waals surface area contributed by atoms with E-state index in [1.807, 2.05) is 31.2 Å². The molecule has 1 atom stereocenters. The Balaban J connectivity index is 1.91. The van der Waals surface area contributed by atoms with Crippen LogP contribution in [0.2, 0.25) is 0 Å². The highest BCUT2D eigenvalue weighted by molar-refractivity contribution is 6.35. The molecule has 1 aliphatic heterocycles. The number of benzene rings is 1. The van der Waals surface area contributed by atoms with Crippen molar-refractivity contribution in [3.8, 4) is 5.75 Å². The van der Waals surface area contributed by atoms with Crippen LogP contribution < -0.4 is 10.1 Å². The summed E-state index contributed by atoms with van der Waals surface area (Å²) >= 11 is 0. The van der Waals surface area contributed by atoms with E-state index in [-0.39, 0.29) is 12.1 Å². The Morgan fingerprint density at radius 3 is 2.38 bits per heavy atom. The first-order valence-electron chi connectivity index (χ1n) is 8.32. The number of hydrogen-bond donors (Lipinski definition) is 1. The fourth-order valence-corrected chi connectivity index (χ4v) is 2.94. The average Bonchev–Trinajstić information content (AvgIpc) is 2.61. The maximum Gasteiger partial charge on any atom is 0.311 e. The summed E-state index contributed by atoms with van der Waals surface area (Å²) in [6.07, 6.45) is 1.81. The first kappa shape index (κ1) is 18.3. The lowest BCUT2D eigenvalue weighted by atomic mass is 10.0. The van der Waals surface area contributed by atoms with Crippen LogP contribution in [0, 0.1) is 0 Å². The normalized spacial score (nSPS) is 17.2. The molecule has 1 fully saturated rings. The molecule has 1 aliphatic rings. The van der Waals surface area contributed by atoms with E-state index in [1.54, 1.807) is 19.1 Å². The van der Waals surface area contributed by atoms with Gasteiger partial charge in [0.2, 0.25) is 0 Å². The van der Waals surface area contributed by atoms with Gasteiger partial charge in [-0.3, -0.25) is 9.59 Å². The second-order valence-corrected chi connectivity index (χ2v) is 6.42. The van der Waals surface area contributed by atoms with E-state index in [9.17, 15) is 9.59 Å². The van der Waals surface area contributed by atoms with E-state index in [0.717, 1.165) is 37.2 Å². The zero-order valence-electron chi connectivity index (χ0n) is 14.9. The van der Waals surface area contributed by atoms with Crippen molar-refractivity contribution in [2.24, 2.45) is 0 Å². The van der Waals surface area contributed by atoms with Crippen LogP contribution in [-0.4, -0.2) is 62.0 Å². The van der Waals surface area contributed by atoms with Gasteiger partial charge in [-0.1, -0.05) is 12.1 Å². The maximum absolute atomic E-state index is 12.4. The smallest absolute Gasteiger partial charge is 0.311 e. The Kier molecular flexibility index (Phi) is 6.20. The van der Waals surface area contributed by atoms with E-state index < -0.39 is 11.8 Å². The maximum atomic E-state index is 12.4. The Morgan fingerprint density at radius 1 is 1.25 bits per heavy atom. The molecule has 2 rings (SSSR count). The Labute approximate surface area is 143 Å². The van der Waals surface area contributed by atoms with Crippen molar-refractivity contribution < 1.29 is 14.3 Å². The standard InChI is InChI=1S/C18H27N3O3/c1-13(14-5-7-16(24-4)8-6-14)19-17(22)18(23)21(3)15-9-11-20(2)12-10-15/h5-8,13,15H,9-12H2,1-4H3,(H,19,22). The van der Waals surface area contributed by atoms with Crippen molar-refractivity contribution in [2.45, 2.75) is 31.8 Å². The number of ether oxygens (including phenoxy) is 1. The highest BCUT2D eigenvalue weighted by atomic mass is 16.5. The van der Waals surface area contributed by atoms with Gasteiger partial charge in [-0.25, -0.2) is 0 Å². The molecule has 6 nitrogen and oxygen atoms in total. The van der Waals surface area contributed by atoms with Crippen molar-refractivity contribution in [1.82, 2.24) is 15.1 Å². The molecule has 0 aliphatic carbocycles. The lowest BCUT2D eigenvalue weighted by Crippen LogP contribution is -2.49. The SMILES string of the molecule is COc1ccc(C(C)NC(=O)C(=O)N(C)C2CCN(C)CC2)cc1. The summed E-state index contributed by atoms with van der Waals surface area (Å²) in [6, 6.07) is 7.34. The van der Waals surface area contributed by atoms with Crippen LogP contribution in [0.25, 0.3) is 0 Å². The molecule has 1 aromatic rings. The zero-order valence-corrected chi connectivity index (χ0v) is 14.9. The van der Waals surface area contributed by atoms with E-state index in [4.69, 9.17) is 4.74 Å². The zero-order chi connectivity index (χ0) is 17.7. The quantitative estimate of drug-likeness (QED) is 0.847. The molecule has 0 aromatic heterocycles. The second-order valence-electron chi connectivity index (χ2n) is 6.42. The number of methoxy groups -OCH3 is 1. The number of carbonyl (C=O) groups is 2. The largest absolute Gasteiger partial charge is 0.497 e. The number of nitrogens with one attached hydrogen (secondary N) is 1. The third-order valence-corrected chi connectivity index (χ3v) is 4.71. The summed E-state index contributed by atoms with van der Waals surface area (Å²) < 4.78 is 5.12. The fraction of sp³-hybridized carbons (Fsp3) is 0.556. The molecule has 6 heteroatoms. The van der Waals surface area contributed by atoms with Crippen LogP contribution >= 0.6 is 0 Å². The van der Waals surface area contributed by atoms with Gasteiger partial charge in [-0.15, -0.1) is 0 Å². The number of amides is 2. The number of nitrogens with zero attached hydrogens (tertiary/aromatic N) is 2. The molecule has 0 spiro atoms. The number of piperidine rings is 1. The van der Waals surface area contributed by atoms with Gasteiger partial charge in [-0.05, 0) is 57.6 Å². The van der Waals surface area contributed by atoms with E-state index in [2.05, 4.69) is 17.3 Å². The van der Waals surface area contributed by atoms with Crippen molar-refractivity contribution in [3.63, 3.8) is 0 Å². The van der Waals surface area contributed by atoms with Gasteiger partial charge in [0.15, 0.2) is 0 Å². The summed E-state index contributed by atoms with van der Waals surface area (Å²) in [5.41, 5.74) is 0.930. The van der Waals surface area contributed by atoms with Crippen LogP contribution in [-0.2, 0) is 9.59 Å². The van der Waals surface area contributed by atoms with Crippen LogP contribution in [0.15, 0.2) is 24.3 Å². The van der Waals surface area contributed by atoms with Gasteiger partial charge < -0.3 is 19.9 Å². The summed E-state index contributed by atoms with van der Waals surface area (Å²) in [5.74, 6) is -0.264. The van der Waals surface area contributed by atoms with Gasteiger partial charge in [0.1, 0.15) is 5.75 Å². The monoisotopic (exact) mass is 333 g/mol. The Morgan fingerprint density at radius 2 is 1.83 bits per heavy atom. The third-order valence-electron chi connectivity index (χ3n) is 4.71. The van der Waals surface area contributed by atoms with Gasteiger partial charge in [0.25, 0.3) is 0 Å². The highest BCUT2D eigenvalue weighted by Crippen LogP contribution is 2.18. The summed E-state index contributed by atoms with van der Waals surface area (Å²) in [4.78, 5) is 28.5. The molecule has 1 heterocycles. The Bertz CT molecular complexity index is 565. The molecular weight excluding hydrogens is 306 g/mol. The lowest BCUT2D eigenvalue weighted by Gasteiger charge is -2.34. The summed E-state index contributed by atoms with van der Waals surface area (Å²) in [7, 11) is 5.40. The predicted octanol–water partition coefficient (Wildman–Crippen LogP) is 1.43. The first-order valence-corrected chi connectivity index (χ1v) is 8.32. The topological polar surface area (TPSA) is 61.9 Å². The summed E-state index contributed by atoms with van der Waals surface area (Å²) in [6.45, 7) is 3.76. The van der Waals surface area contributed by atoms with E-state index in [0.29, 0.717) is 0 Å². The third kappa shape index (κ3) is 4.47. The van der Waals surface area contributed by atoms with Crippen molar-refractivity contribution in [3.05, 3.63) is 29.8 Å². The first-order chi connectivity index (χ1) is 11.4. The average molecular weight is 333 g/mol. The molecule has 1 aromatic carbocycles. The lowest BCUT2D eigenvalue weighted by molar-refractivity contribution is -0.147. The van der Waals surface area contributed by atoms with E-state index >= 15 is 0 Å². The van der Waals surface area contributed by atoms with Crippen LogP contribution in [0.3, 0.4) is 0 Å². The predicted molar refractivity (Wildman–Crippen MR) is 92.8 cm³/mol. The molecule has 1 N–H and O–H groups in total. The minimum atomic E-state index is -0.556. The number of likely N-dealkylation sites (tertiary alicyclic amines) is 1. The van der Waals surface area contributed by atoms with Crippen molar-refractivity contribution >= 4 is 11.8 Å². The van der Waals surface area contributed by atoms with Crippen LogP contribution in [0.1, 0.15) is 31.4 Å². The molecule has 24 heavy (non-hydrogen) atoms. The van der Waals surface area contributed by atoms with Crippen molar-refractivity contribution in [2.75, 3.05) is 34.3 Å². The van der Waals surface area contributed by atoms with Gasteiger partial charge in [0.05, 0.1) is 13.2 Å². The van der Waals surface area contributed by atoms with Crippen LogP contribution in [0.5, 0.6) is 5.75 Å². The number of hydrogen-bond acceptors (Lipinski definition) is 4. The molecule has 0 saturated carbocycles. The molecule has 0 bridgehead atoms. The molecular formula is C18H27N3O3. The number of rotatable bonds is 4. The Hall–Kier alpha value is -2.08. The minimum absolute atomic E-state index is 0.135. The fourth-order valence-electron chi connectivity index (χ4n) is 2.94. The number of carbonyl (C=O) groups excluding carboxylic acids is 2. The van der Waals surface area contributed by atoms with E-state index in [1.165, 1.54) is 0 Å². The minimum Gasteiger partial charge on any atom is -0.497 e.